The summed E-state index contributed by atoms with van der Waals surface area (Å²) in [5, 5.41) is 3.46. The number of nitrogens with zero attached hydrogens (tertiary/aromatic N) is 2. The smallest absolute Gasteiger partial charge is 0.253 e. The maximum absolute atomic E-state index is 12.4. The van der Waals surface area contributed by atoms with Crippen LogP contribution in [0.25, 0.3) is 0 Å². The monoisotopic (exact) mass is 371 g/mol. The highest BCUT2D eigenvalue weighted by atomic mass is 35.5. The number of benzene rings is 1. The molecule has 1 N–H and O–H groups in total. The van der Waals surface area contributed by atoms with Crippen molar-refractivity contribution in [3.05, 3.63) is 64.9 Å². The average molecular weight is 372 g/mol. The molecule has 2 amide bonds. The molecule has 0 saturated carbocycles. The Morgan fingerprint density at radius 1 is 1.12 bits per heavy atom. The Bertz CT molecular complexity index is 741. The van der Waals surface area contributed by atoms with E-state index in [2.05, 4.69) is 10.3 Å². The van der Waals surface area contributed by atoms with Crippen LogP contribution >= 0.6 is 11.6 Å². The van der Waals surface area contributed by atoms with E-state index in [1.165, 1.54) is 0 Å². The number of amides is 2. The van der Waals surface area contributed by atoms with Crippen LogP contribution in [0.2, 0.25) is 5.15 Å². The van der Waals surface area contributed by atoms with E-state index in [1.54, 1.807) is 12.3 Å². The van der Waals surface area contributed by atoms with Crippen LogP contribution in [0.1, 0.15) is 28.8 Å². The maximum Gasteiger partial charge on any atom is 0.253 e. The summed E-state index contributed by atoms with van der Waals surface area (Å²) < 4.78 is 0. The average Bonchev–Trinajstić information content (AvgIpc) is 2.69. The molecule has 5 nitrogen and oxygen atoms in total. The fourth-order valence-electron chi connectivity index (χ4n) is 3.14. The van der Waals surface area contributed by atoms with Gasteiger partial charge in [-0.1, -0.05) is 35.9 Å². The topological polar surface area (TPSA) is 62.3 Å². The summed E-state index contributed by atoms with van der Waals surface area (Å²) >= 11 is 5.76. The number of carbonyl (C=O) groups excluding carboxylic acids is 2. The van der Waals surface area contributed by atoms with Crippen molar-refractivity contribution in [2.45, 2.75) is 19.3 Å². The standard InChI is InChI=1S/C20H22ClN3O2/c21-18-7-6-15(14-23-18)8-11-22-19(25)16-9-12-24(13-10-16)20(26)17-4-2-1-3-5-17/h1-7,14,16H,8-13H2,(H,22,25). The highest BCUT2D eigenvalue weighted by molar-refractivity contribution is 6.29. The van der Waals surface area contributed by atoms with E-state index in [4.69, 9.17) is 11.6 Å². The van der Waals surface area contributed by atoms with Crippen LogP contribution in [-0.2, 0) is 11.2 Å². The maximum atomic E-state index is 12.4. The third kappa shape index (κ3) is 4.82. The van der Waals surface area contributed by atoms with Crippen molar-refractivity contribution in [2.75, 3.05) is 19.6 Å². The van der Waals surface area contributed by atoms with Crippen molar-refractivity contribution in [3.8, 4) is 0 Å². The summed E-state index contributed by atoms with van der Waals surface area (Å²) in [5.74, 6) is 0.0802. The van der Waals surface area contributed by atoms with Crippen molar-refractivity contribution >= 4 is 23.4 Å². The van der Waals surface area contributed by atoms with Crippen LogP contribution in [0.15, 0.2) is 48.7 Å². The van der Waals surface area contributed by atoms with E-state index in [0.717, 1.165) is 12.0 Å². The first-order valence-electron chi connectivity index (χ1n) is 8.86. The normalized spacial score (nSPS) is 14.9. The first kappa shape index (κ1) is 18.4. The van der Waals surface area contributed by atoms with Gasteiger partial charge in [-0.05, 0) is 43.0 Å². The zero-order valence-electron chi connectivity index (χ0n) is 14.5. The number of nitrogens with one attached hydrogen (secondary N) is 1. The number of carbonyl (C=O) groups is 2. The van der Waals surface area contributed by atoms with Gasteiger partial charge in [0.25, 0.3) is 5.91 Å². The fraction of sp³-hybridized carbons (Fsp3) is 0.350. The largest absolute Gasteiger partial charge is 0.356 e. The Morgan fingerprint density at radius 3 is 2.50 bits per heavy atom. The van der Waals surface area contributed by atoms with E-state index >= 15 is 0 Å². The van der Waals surface area contributed by atoms with Crippen LogP contribution in [0.3, 0.4) is 0 Å². The minimum atomic E-state index is -0.0295. The van der Waals surface area contributed by atoms with Gasteiger partial charge in [-0.2, -0.15) is 0 Å². The first-order chi connectivity index (χ1) is 12.6. The molecule has 0 aliphatic carbocycles. The van der Waals surface area contributed by atoms with Crippen LogP contribution in [-0.4, -0.2) is 41.3 Å². The zero-order valence-corrected chi connectivity index (χ0v) is 15.3. The molecule has 0 spiro atoms. The number of halogens is 1. The van der Waals surface area contributed by atoms with Gasteiger partial charge in [0.15, 0.2) is 0 Å². The second-order valence-corrected chi connectivity index (χ2v) is 6.85. The van der Waals surface area contributed by atoms with Crippen molar-refractivity contribution < 1.29 is 9.59 Å². The third-order valence-electron chi connectivity index (χ3n) is 4.68. The van der Waals surface area contributed by atoms with Crippen molar-refractivity contribution in [2.24, 2.45) is 5.92 Å². The summed E-state index contributed by atoms with van der Waals surface area (Å²) in [6, 6.07) is 12.9. The molecule has 2 aromatic rings. The SMILES string of the molecule is O=C(NCCc1ccc(Cl)nc1)C1CCN(C(=O)c2ccccc2)CC1. The summed E-state index contributed by atoms with van der Waals surface area (Å²) in [6.07, 6.45) is 3.85. The molecule has 1 aromatic heterocycles. The quantitative estimate of drug-likeness (QED) is 0.822. The predicted molar refractivity (Wildman–Crippen MR) is 101 cm³/mol. The molecular weight excluding hydrogens is 350 g/mol. The summed E-state index contributed by atoms with van der Waals surface area (Å²) in [6.45, 7) is 1.81. The van der Waals surface area contributed by atoms with Gasteiger partial charge in [0.2, 0.25) is 5.91 Å². The van der Waals surface area contributed by atoms with Crippen molar-refractivity contribution in [1.29, 1.82) is 0 Å². The molecular formula is C20H22ClN3O2. The third-order valence-corrected chi connectivity index (χ3v) is 4.90. The van der Waals surface area contributed by atoms with Gasteiger partial charge in [0.05, 0.1) is 0 Å². The van der Waals surface area contributed by atoms with Gasteiger partial charge in [-0.25, -0.2) is 4.98 Å². The van der Waals surface area contributed by atoms with Gasteiger partial charge in [-0.3, -0.25) is 9.59 Å². The molecule has 2 heterocycles. The highest BCUT2D eigenvalue weighted by Crippen LogP contribution is 2.19. The van der Waals surface area contributed by atoms with E-state index < -0.39 is 0 Å². The summed E-state index contributed by atoms with van der Waals surface area (Å²) in [5.41, 5.74) is 1.74. The second-order valence-electron chi connectivity index (χ2n) is 6.46. The van der Waals surface area contributed by atoms with E-state index in [-0.39, 0.29) is 17.7 Å². The Kier molecular flexibility index (Phi) is 6.23. The van der Waals surface area contributed by atoms with Crippen molar-refractivity contribution in [3.63, 3.8) is 0 Å². The van der Waals surface area contributed by atoms with Crippen LogP contribution < -0.4 is 5.32 Å². The molecule has 1 fully saturated rings. The van der Waals surface area contributed by atoms with Gasteiger partial charge >= 0.3 is 0 Å². The number of aromatic nitrogens is 1. The van der Waals surface area contributed by atoms with Crippen LogP contribution in [0.5, 0.6) is 0 Å². The molecule has 1 aliphatic rings. The lowest BCUT2D eigenvalue weighted by Crippen LogP contribution is -2.43. The second kappa shape index (κ2) is 8.81. The number of piperidine rings is 1. The fourth-order valence-corrected chi connectivity index (χ4v) is 3.25. The van der Waals surface area contributed by atoms with E-state index in [9.17, 15) is 9.59 Å². The first-order valence-corrected chi connectivity index (χ1v) is 9.24. The van der Waals surface area contributed by atoms with E-state index in [0.29, 0.717) is 43.2 Å². The number of hydrogen-bond donors (Lipinski definition) is 1. The Balaban J connectivity index is 1.42. The number of hydrogen-bond acceptors (Lipinski definition) is 3. The lowest BCUT2D eigenvalue weighted by Gasteiger charge is -2.31. The molecule has 1 aliphatic heterocycles. The predicted octanol–water partition coefficient (Wildman–Crippen LogP) is 2.95. The molecule has 0 unspecified atom stereocenters. The summed E-state index contributed by atoms with van der Waals surface area (Å²) in [7, 11) is 0. The molecule has 1 saturated heterocycles. The molecule has 26 heavy (non-hydrogen) atoms. The Hall–Kier alpha value is -2.40. The Morgan fingerprint density at radius 2 is 1.85 bits per heavy atom. The lowest BCUT2D eigenvalue weighted by molar-refractivity contribution is -0.126. The van der Waals surface area contributed by atoms with Crippen molar-refractivity contribution in [1.82, 2.24) is 15.2 Å². The molecule has 0 radical (unpaired) electrons. The number of likely N-dealkylation sites (tertiary alicyclic amines) is 1. The van der Waals surface area contributed by atoms with E-state index in [1.807, 2.05) is 41.3 Å². The minimum Gasteiger partial charge on any atom is -0.356 e. The van der Waals surface area contributed by atoms with Gasteiger partial charge in [0.1, 0.15) is 5.15 Å². The molecule has 0 atom stereocenters. The molecule has 0 bridgehead atoms. The van der Waals surface area contributed by atoms with Crippen LogP contribution in [0.4, 0.5) is 0 Å². The molecule has 6 heteroatoms. The minimum absolute atomic E-state index is 0.0295. The molecule has 136 valence electrons. The number of rotatable bonds is 5. The molecule has 1 aromatic carbocycles. The zero-order chi connectivity index (χ0) is 18.4. The van der Waals surface area contributed by atoms with Crippen LogP contribution in [0, 0.1) is 5.92 Å². The Labute approximate surface area is 158 Å². The highest BCUT2D eigenvalue weighted by Gasteiger charge is 2.27. The van der Waals surface area contributed by atoms with Gasteiger partial charge < -0.3 is 10.2 Å². The van der Waals surface area contributed by atoms with Gasteiger partial charge in [0, 0.05) is 37.3 Å². The number of pyridine rings is 1. The van der Waals surface area contributed by atoms with Gasteiger partial charge in [-0.15, -0.1) is 0 Å². The lowest BCUT2D eigenvalue weighted by atomic mass is 9.95. The molecule has 3 rings (SSSR count). The summed E-state index contributed by atoms with van der Waals surface area (Å²) in [4.78, 5) is 30.6.